The number of guanidine groups is 1. The molecule has 0 aliphatic heterocycles. The van der Waals surface area contributed by atoms with Gasteiger partial charge >= 0.3 is 0 Å². The third-order valence-electron chi connectivity index (χ3n) is 5.04. The minimum atomic E-state index is 0.347. The zero-order chi connectivity index (χ0) is 19.2. The van der Waals surface area contributed by atoms with Gasteiger partial charge in [-0.2, -0.15) is 0 Å². The summed E-state index contributed by atoms with van der Waals surface area (Å²) in [6.07, 6.45) is 7.13. The number of nitrogens with zero attached hydrogens (tertiary/aromatic N) is 4. The number of ether oxygens (including phenoxy) is 1. The van der Waals surface area contributed by atoms with Crippen LogP contribution >= 0.6 is 0 Å². The van der Waals surface area contributed by atoms with Gasteiger partial charge in [0.2, 0.25) is 0 Å². The first kappa shape index (κ1) is 18.3. The summed E-state index contributed by atoms with van der Waals surface area (Å²) in [5.41, 5.74) is 1.96. The maximum absolute atomic E-state index is 6.22. The third kappa shape index (κ3) is 4.24. The van der Waals surface area contributed by atoms with Crippen LogP contribution in [0.4, 0.5) is 0 Å². The van der Waals surface area contributed by atoms with Crippen molar-refractivity contribution < 1.29 is 4.74 Å². The lowest BCUT2D eigenvalue weighted by atomic mass is 10.2. The molecule has 0 atom stereocenters. The van der Waals surface area contributed by atoms with Crippen molar-refractivity contribution in [3.63, 3.8) is 0 Å². The first-order chi connectivity index (χ1) is 13.8. The number of para-hydroxylation sites is 1. The van der Waals surface area contributed by atoms with Crippen molar-refractivity contribution in [2.45, 2.75) is 44.9 Å². The van der Waals surface area contributed by atoms with Gasteiger partial charge in [-0.3, -0.25) is 9.39 Å². The van der Waals surface area contributed by atoms with Crippen LogP contribution in [0, 0.1) is 0 Å². The Morgan fingerprint density at radius 2 is 1.86 bits per heavy atom. The van der Waals surface area contributed by atoms with E-state index < -0.39 is 0 Å². The molecule has 2 heterocycles. The number of hydrogen-bond acceptors (Lipinski definition) is 4. The van der Waals surface area contributed by atoms with E-state index in [4.69, 9.17) is 4.74 Å². The summed E-state index contributed by atoms with van der Waals surface area (Å²) in [4.78, 5) is 4.31. The minimum Gasteiger partial charge on any atom is -0.490 e. The predicted octanol–water partition coefficient (Wildman–Crippen LogP) is 2.92. The van der Waals surface area contributed by atoms with Gasteiger partial charge in [0.15, 0.2) is 17.4 Å². The molecule has 1 fully saturated rings. The number of rotatable bonds is 6. The third-order valence-corrected chi connectivity index (χ3v) is 5.04. The first-order valence-electron chi connectivity index (χ1n) is 9.81. The Bertz CT molecular complexity index is 945. The summed E-state index contributed by atoms with van der Waals surface area (Å²) >= 11 is 0. The molecule has 146 valence electrons. The van der Waals surface area contributed by atoms with Crippen molar-refractivity contribution in [1.29, 1.82) is 0 Å². The van der Waals surface area contributed by atoms with Crippen molar-refractivity contribution in [2.24, 2.45) is 4.99 Å². The number of nitrogens with one attached hydrogen (secondary N) is 2. The Morgan fingerprint density at radius 3 is 2.71 bits per heavy atom. The molecule has 3 aromatic rings. The monoisotopic (exact) mass is 378 g/mol. The zero-order valence-corrected chi connectivity index (χ0v) is 16.1. The Morgan fingerprint density at radius 1 is 1.07 bits per heavy atom. The van der Waals surface area contributed by atoms with Gasteiger partial charge in [-0.15, -0.1) is 10.2 Å². The highest BCUT2D eigenvalue weighted by Gasteiger charge is 2.17. The van der Waals surface area contributed by atoms with Crippen LogP contribution in [0.3, 0.4) is 0 Å². The van der Waals surface area contributed by atoms with E-state index in [0.29, 0.717) is 25.2 Å². The number of aliphatic imine (C=N–C) groups is 1. The highest BCUT2D eigenvalue weighted by Crippen LogP contribution is 2.26. The molecule has 1 aliphatic rings. The molecule has 0 amide bonds. The average Bonchev–Trinajstić information content (AvgIpc) is 3.39. The molecule has 2 aromatic heterocycles. The van der Waals surface area contributed by atoms with Crippen LogP contribution in [0.15, 0.2) is 53.7 Å². The maximum Gasteiger partial charge on any atom is 0.191 e. The molecule has 0 radical (unpaired) electrons. The topological polar surface area (TPSA) is 75.8 Å². The van der Waals surface area contributed by atoms with Crippen molar-refractivity contribution in [3.8, 4) is 5.75 Å². The van der Waals surface area contributed by atoms with Crippen molar-refractivity contribution in [2.75, 3.05) is 7.05 Å². The lowest BCUT2D eigenvalue weighted by molar-refractivity contribution is 0.208. The Labute approximate surface area is 164 Å². The number of fused-ring (bicyclic) bond motifs is 1. The van der Waals surface area contributed by atoms with Crippen LogP contribution in [-0.2, 0) is 13.1 Å². The van der Waals surface area contributed by atoms with Crippen LogP contribution in [0.5, 0.6) is 5.75 Å². The van der Waals surface area contributed by atoms with E-state index in [9.17, 15) is 0 Å². The molecule has 1 aliphatic carbocycles. The Kier molecular flexibility index (Phi) is 5.70. The van der Waals surface area contributed by atoms with Gasteiger partial charge in [0.05, 0.1) is 12.6 Å². The second kappa shape index (κ2) is 8.73. The lowest BCUT2D eigenvalue weighted by Crippen LogP contribution is -2.36. The summed E-state index contributed by atoms with van der Waals surface area (Å²) in [6, 6.07) is 14.1. The van der Waals surface area contributed by atoms with E-state index in [0.717, 1.165) is 35.6 Å². The fourth-order valence-electron chi connectivity index (χ4n) is 3.52. The first-order valence-corrected chi connectivity index (χ1v) is 9.81. The van der Waals surface area contributed by atoms with Crippen LogP contribution in [0.1, 0.15) is 37.1 Å². The van der Waals surface area contributed by atoms with E-state index in [1.807, 2.05) is 47.0 Å². The van der Waals surface area contributed by atoms with Gasteiger partial charge in [-0.25, -0.2) is 0 Å². The molecule has 4 rings (SSSR count). The molecule has 0 spiro atoms. The number of hydrogen-bond donors (Lipinski definition) is 2. The molecule has 0 bridgehead atoms. The fourth-order valence-corrected chi connectivity index (χ4v) is 3.52. The minimum absolute atomic E-state index is 0.347. The van der Waals surface area contributed by atoms with Gasteiger partial charge in [-0.05, 0) is 43.9 Å². The standard InChI is InChI=1S/C21H26N6O/c1-22-21(24-15-20-26-25-19-12-6-7-13-27(19)20)23-14-16-8-2-5-11-18(16)28-17-9-3-4-10-17/h2,5-8,11-13,17H,3-4,9-10,14-15H2,1H3,(H2,22,23,24). The number of benzene rings is 1. The van der Waals surface area contributed by atoms with Gasteiger partial charge in [0.25, 0.3) is 0 Å². The molecule has 7 heteroatoms. The number of aromatic nitrogens is 3. The second-order valence-electron chi connectivity index (χ2n) is 6.96. The normalized spacial score (nSPS) is 15.1. The highest BCUT2D eigenvalue weighted by molar-refractivity contribution is 5.79. The zero-order valence-electron chi connectivity index (χ0n) is 16.1. The van der Waals surface area contributed by atoms with Crippen LogP contribution < -0.4 is 15.4 Å². The van der Waals surface area contributed by atoms with E-state index in [1.54, 1.807) is 7.05 Å². The molecular formula is C21H26N6O. The summed E-state index contributed by atoms with van der Waals surface area (Å²) in [7, 11) is 1.76. The molecule has 28 heavy (non-hydrogen) atoms. The highest BCUT2D eigenvalue weighted by atomic mass is 16.5. The predicted molar refractivity (Wildman–Crippen MR) is 109 cm³/mol. The summed E-state index contributed by atoms with van der Waals surface area (Å²) in [5, 5.41) is 15.1. The summed E-state index contributed by atoms with van der Waals surface area (Å²) in [5.74, 6) is 2.51. The van der Waals surface area contributed by atoms with E-state index in [2.05, 4.69) is 31.9 Å². The largest absolute Gasteiger partial charge is 0.490 e. The van der Waals surface area contributed by atoms with Gasteiger partial charge in [0, 0.05) is 25.4 Å². The number of pyridine rings is 1. The Balaban J connectivity index is 1.35. The maximum atomic E-state index is 6.22. The smallest absolute Gasteiger partial charge is 0.191 e. The van der Waals surface area contributed by atoms with Gasteiger partial charge in [-0.1, -0.05) is 24.3 Å². The van der Waals surface area contributed by atoms with E-state index in [1.165, 1.54) is 12.8 Å². The van der Waals surface area contributed by atoms with Crippen LogP contribution in [0.25, 0.3) is 5.65 Å². The summed E-state index contributed by atoms with van der Waals surface area (Å²) < 4.78 is 8.18. The molecule has 2 N–H and O–H groups in total. The SMILES string of the molecule is CN=C(NCc1ccccc1OC1CCCC1)NCc1nnc2ccccn12. The summed E-state index contributed by atoms with van der Waals surface area (Å²) in [6.45, 7) is 1.17. The molecular weight excluding hydrogens is 352 g/mol. The van der Waals surface area contributed by atoms with Crippen molar-refractivity contribution in [3.05, 3.63) is 60.0 Å². The van der Waals surface area contributed by atoms with E-state index >= 15 is 0 Å². The van der Waals surface area contributed by atoms with Crippen molar-refractivity contribution >= 4 is 11.6 Å². The molecule has 7 nitrogen and oxygen atoms in total. The van der Waals surface area contributed by atoms with E-state index in [-0.39, 0.29) is 0 Å². The van der Waals surface area contributed by atoms with Crippen LogP contribution in [0.2, 0.25) is 0 Å². The average molecular weight is 378 g/mol. The Hall–Kier alpha value is -3.09. The fraction of sp³-hybridized carbons (Fsp3) is 0.381. The second-order valence-corrected chi connectivity index (χ2v) is 6.96. The molecule has 0 saturated heterocycles. The van der Waals surface area contributed by atoms with Crippen LogP contribution in [-0.4, -0.2) is 33.7 Å². The molecule has 1 saturated carbocycles. The van der Waals surface area contributed by atoms with Gasteiger partial charge in [0.1, 0.15) is 5.75 Å². The van der Waals surface area contributed by atoms with Crippen molar-refractivity contribution in [1.82, 2.24) is 25.2 Å². The van der Waals surface area contributed by atoms with Gasteiger partial charge < -0.3 is 15.4 Å². The lowest BCUT2D eigenvalue weighted by Gasteiger charge is -2.17. The molecule has 0 unspecified atom stereocenters. The molecule has 1 aromatic carbocycles. The quantitative estimate of drug-likeness (QED) is 0.510.